The van der Waals surface area contributed by atoms with E-state index in [1.165, 1.54) is 0 Å². The van der Waals surface area contributed by atoms with E-state index in [9.17, 15) is 18.0 Å². The molecule has 1 unspecified atom stereocenters. The highest BCUT2D eigenvalue weighted by molar-refractivity contribution is 7.92. The van der Waals surface area contributed by atoms with Crippen molar-refractivity contribution in [3.8, 4) is 0 Å². The summed E-state index contributed by atoms with van der Waals surface area (Å²) in [6.07, 6.45) is 1.26. The Bertz CT molecular complexity index is 943. The number of nitrogens with one attached hydrogen (secondary N) is 3. The third-order valence-electron chi connectivity index (χ3n) is 4.24. The SMILES string of the molecule is CC(C)C(NC(=O)Cc1ccccc1)C(=O)NCc1ccccc1NS(C)(=O)=O. The van der Waals surface area contributed by atoms with E-state index in [1.54, 1.807) is 24.3 Å². The van der Waals surface area contributed by atoms with E-state index in [-0.39, 0.29) is 30.7 Å². The third-order valence-corrected chi connectivity index (χ3v) is 4.83. The second-order valence-electron chi connectivity index (χ2n) is 7.20. The van der Waals surface area contributed by atoms with Gasteiger partial charge in [0.05, 0.1) is 18.4 Å². The lowest BCUT2D eigenvalue weighted by Crippen LogP contribution is -2.49. The molecule has 0 aliphatic carbocycles. The quantitative estimate of drug-likeness (QED) is 0.581. The van der Waals surface area contributed by atoms with Gasteiger partial charge >= 0.3 is 0 Å². The normalized spacial score (nSPS) is 12.3. The lowest BCUT2D eigenvalue weighted by molar-refractivity contribution is -0.129. The first-order chi connectivity index (χ1) is 13.7. The van der Waals surface area contributed by atoms with Crippen LogP contribution in [0.2, 0.25) is 0 Å². The average Bonchev–Trinajstić information content (AvgIpc) is 2.64. The first-order valence-electron chi connectivity index (χ1n) is 9.32. The van der Waals surface area contributed by atoms with Crippen LogP contribution in [0, 0.1) is 5.92 Å². The largest absolute Gasteiger partial charge is 0.350 e. The van der Waals surface area contributed by atoms with Gasteiger partial charge in [0, 0.05) is 6.54 Å². The van der Waals surface area contributed by atoms with E-state index in [2.05, 4.69) is 15.4 Å². The van der Waals surface area contributed by atoms with Gasteiger partial charge in [-0.05, 0) is 23.1 Å². The summed E-state index contributed by atoms with van der Waals surface area (Å²) in [5.74, 6) is -0.668. The van der Waals surface area contributed by atoms with Crippen molar-refractivity contribution in [2.75, 3.05) is 11.0 Å². The lowest BCUT2D eigenvalue weighted by Gasteiger charge is -2.22. The highest BCUT2D eigenvalue weighted by atomic mass is 32.2. The predicted molar refractivity (Wildman–Crippen MR) is 114 cm³/mol. The number of carbonyl (C=O) groups is 2. The summed E-state index contributed by atoms with van der Waals surface area (Å²) in [7, 11) is -3.43. The zero-order valence-electron chi connectivity index (χ0n) is 16.8. The Morgan fingerprint density at radius 3 is 2.21 bits per heavy atom. The Kier molecular flexibility index (Phi) is 7.78. The van der Waals surface area contributed by atoms with Gasteiger partial charge in [-0.15, -0.1) is 0 Å². The van der Waals surface area contributed by atoms with Crippen LogP contribution in [0.4, 0.5) is 5.69 Å². The molecule has 2 rings (SSSR count). The van der Waals surface area contributed by atoms with Gasteiger partial charge in [-0.25, -0.2) is 8.42 Å². The molecule has 8 heteroatoms. The fraction of sp³-hybridized carbons (Fsp3) is 0.333. The number of hydrogen-bond acceptors (Lipinski definition) is 4. The third kappa shape index (κ3) is 7.57. The lowest BCUT2D eigenvalue weighted by atomic mass is 10.0. The smallest absolute Gasteiger partial charge is 0.243 e. The van der Waals surface area contributed by atoms with Crippen molar-refractivity contribution in [2.24, 2.45) is 5.92 Å². The van der Waals surface area contributed by atoms with Crippen LogP contribution in [0.5, 0.6) is 0 Å². The van der Waals surface area contributed by atoms with Crippen LogP contribution in [0.1, 0.15) is 25.0 Å². The van der Waals surface area contributed by atoms with E-state index in [1.807, 2.05) is 44.2 Å². The molecule has 0 spiro atoms. The molecule has 0 aliphatic rings. The van der Waals surface area contributed by atoms with Gasteiger partial charge < -0.3 is 10.6 Å². The molecule has 1 atom stereocenters. The highest BCUT2D eigenvalue weighted by Gasteiger charge is 2.24. The van der Waals surface area contributed by atoms with Gasteiger partial charge in [0.25, 0.3) is 0 Å². The van der Waals surface area contributed by atoms with Crippen LogP contribution >= 0.6 is 0 Å². The molecular weight excluding hydrogens is 390 g/mol. The Morgan fingerprint density at radius 1 is 0.966 bits per heavy atom. The van der Waals surface area contributed by atoms with Crippen LogP contribution in [0.25, 0.3) is 0 Å². The summed E-state index contributed by atoms with van der Waals surface area (Å²) in [4.78, 5) is 25.0. The number of sulfonamides is 1. The zero-order chi connectivity index (χ0) is 21.4. The van der Waals surface area contributed by atoms with Crippen molar-refractivity contribution in [3.05, 3.63) is 65.7 Å². The van der Waals surface area contributed by atoms with Crippen LogP contribution in [0.15, 0.2) is 54.6 Å². The number of benzene rings is 2. The van der Waals surface area contributed by atoms with Crippen molar-refractivity contribution < 1.29 is 18.0 Å². The van der Waals surface area contributed by atoms with Gasteiger partial charge in [-0.3, -0.25) is 14.3 Å². The maximum Gasteiger partial charge on any atom is 0.243 e. The summed E-state index contributed by atoms with van der Waals surface area (Å²) in [5, 5.41) is 5.58. The molecule has 0 bridgehead atoms. The Hall–Kier alpha value is -2.87. The number of para-hydroxylation sites is 1. The fourth-order valence-electron chi connectivity index (χ4n) is 2.81. The molecule has 2 aromatic rings. The summed E-state index contributed by atoms with van der Waals surface area (Å²) < 4.78 is 25.5. The monoisotopic (exact) mass is 417 g/mol. The Labute approximate surface area is 172 Å². The highest BCUT2D eigenvalue weighted by Crippen LogP contribution is 2.16. The molecule has 29 heavy (non-hydrogen) atoms. The minimum atomic E-state index is -3.43. The van der Waals surface area contributed by atoms with E-state index < -0.39 is 16.1 Å². The summed E-state index contributed by atoms with van der Waals surface area (Å²) in [6, 6.07) is 15.4. The molecule has 0 radical (unpaired) electrons. The van der Waals surface area contributed by atoms with Crippen molar-refractivity contribution in [1.82, 2.24) is 10.6 Å². The number of anilines is 1. The molecule has 156 valence electrons. The molecule has 2 aromatic carbocycles. The molecule has 0 fully saturated rings. The number of amides is 2. The van der Waals surface area contributed by atoms with E-state index >= 15 is 0 Å². The van der Waals surface area contributed by atoms with Gasteiger partial charge in [-0.2, -0.15) is 0 Å². The molecule has 0 saturated heterocycles. The average molecular weight is 418 g/mol. The maximum absolute atomic E-state index is 12.7. The fourth-order valence-corrected chi connectivity index (χ4v) is 3.41. The summed E-state index contributed by atoms with van der Waals surface area (Å²) in [5.41, 5.74) is 1.91. The first-order valence-corrected chi connectivity index (χ1v) is 11.2. The molecular formula is C21H27N3O4S. The maximum atomic E-state index is 12.7. The van der Waals surface area contributed by atoms with Gasteiger partial charge in [0.15, 0.2) is 0 Å². The predicted octanol–water partition coefficient (Wildman–Crippen LogP) is 2.06. The van der Waals surface area contributed by atoms with Crippen LogP contribution in [-0.2, 0) is 32.6 Å². The molecule has 7 nitrogen and oxygen atoms in total. The summed E-state index contributed by atoms with van der Waals surface area (Å²) >= 11 is 0. The van der Waals surface area contributed by atoms with Crippen molar-refractivity contribution in [1.29, 1.82) is 0 Å². The molecule has 0 saturated carbocycles. The second kappa shape index (κ2) is 10.1. The van der Waals surface area contributed by atoms with E-state index in [0.29, 0.717) is 11.3 Å². The summed E-state index contributed by atoms with van der Waals surface area (Å²) in [6.45, 7) is 3.84. The Morgan fingerprint density at radius 2 is 1.59 bits per heavy atom. The minimum absolute atomic E-state index is 0.112. The molecule has 0 heterocycles. The first kappa shape index (κ1) is 22.4. The standard InChI is InChI=1S/C21H27N3O4S/c1-15(2)20(23-19(25)13-16-9-5-4-6-10-16)21(26)22-14-17-11-7-8-12-18(17)24-29(3,27)28/h4-12,15,20,24H,13-14H2,1-3H3,(H,22,26)(H,23,25). The topological polar surface area (TPSA) is 104 Å². The van der Waals surface area contributed by atoms with E-state index in [0.717, 1.165) is 11.8 Å². The molecule has 0 aromatic heterocycles. The van der Waals surface area contributed by atoms with Crippen molar-refractivity contribution in [2.45, 2.75) is 32.9 Å². The molecule has 0 aliphatic heterocycles. The Balaban J connectivity index is 2.01. The van der Waals surface area contributed by atoms with E-state index in [4.69, 9.17) is 0 Å². The van der Waals surface area contributed by atoms with Crippen molar-refractivity contribution in [3.63, 3.8) is 0 Å². The number of carbonyl (C=O) groups excluding carboxylic acids is 2. The molecule has 3 N–H and O–H groups in total. The van der Waals surface area contributed by atoms with Crippen LogP contribution < -0.4 is 15.4 Å². The zero-order valence-corrected chi connectivity index (χ0v) is 17.6. The van der Waals surface area contributed by atoms with Crippen LogP contribution in [0.3, 0.4) is 0 Å². The van der Waals surface area contributed by atoms with Gasteiger partial charge in [-0.1, -0.05) is 62.4 Å². The van der Waals surface area contributed by atoms with Crippen molar-refractivity contribution >= 4 is 27.5 Å². The number of hydrogen-bond donors (Lipinski definition) is 3. The number of rotatable bonds is 9. The second-order valence-corrected chi connectivity index (χ2v) is 8.95. The van der Waals surface area contributed by atoms with Gasteiger partial charge in [0.2, 0.25) is 21.8 Å². The van der Waals surface area contributed by atoms with Gasteiger partial charge in [0.1, 0.15) is 6.04 Å². The molecule has 2 amide bonds. The van der Waals surface area contributed by atoms with Crippen LogP contribution in [-0.4, -0.2) is 32.5 Å². The minimum Gasteiger partial charge on any atom is -0.350 e.